The standard InChI is InChI=1S/C15H23NO/c1-5-16-13-9-10-17-14-11(13)7-6-8-12(14)15(2,3)4/h6-8,13,16H,5,9-10H2,1-4H3. The number of rotatable bonds is 2. The van der Waals surface area contributed by atoms with Gasteiger partial charge in [0.25, 0.3) is 0 Å². The van der Waals surface area contributed by atoms with Crippen LogP contribution in [-0.2, 0) is 5.41 Å². The lowest BCUT2D eigenvalue weighted by Gasteiger charge is -2.31. The van der Waals surface area contributed by atoms with Gasteiger partial charge in [0.05, 0.1) is 6.61 Å². The van der Waals surface area contributed by atoms with Gasteiger partial charge in [0.1, 0.15) is 5.75 Å². The Morgan fingerprint density at radius 3 is 2.76 bits per heavy atom. The van der Waals surface area contributed by atoms with Crippen molar-refractivity contribution in [2.45, 2.75) is 45.6 Å². The van der Waals surface area contributed by atoms with E-state index in [-0.39, 0.29) is 5.41 Å². The number of fused-ring (bicyclic) bond motifs is 1. The Morgan fingerprint density at radius 2 is 2.12 bits per heavy atom. The summed E-state index contributed by atoms with van der Waals surface area (Å²) in [5, 5.41) is 3.54. The summed E-state index contributed by atoms with van der Waals surface area (Å²) in [4.78, 5) is 0. The summed E-state index contributed by atoms with van der Waals surface area (Å²) in [7, 11) is 0. The summed E-state index contributed by atoms with van der Waals surface area (Å²) in [5.41, 5.74) is 2.78. The largest absolute Gasteiger partial charge is 0.493 e. The van der Waals surface area contributed by atoms with Gasteiger partial charge in [0, 0.05) is 18.0 Å². The minimum Gasteiger partial charge on any atom is -0.493 e. The first-order chi connectivity index (χ1) is 8.04. The minimum atomic E-state index is 0.138. The number of hydrogen-bond acceptors (Lipinski definition) is 2. The molecule has 0 amide bonds. The first-order valence-electron chi connectivity index (χ1n) is 6.53. The second kappa shape index (κ2) is 4.69. The van der Waals surface area contributed by atoms with Gasteiger partial charge in [-0.2, -0.15) is 0 Å². The SMILES string of the molecule is CCNC1CCOc2c1cccc2C(C)(C)C. The molecule has 94 valence electrons. The van der Waals surface area contributed by atoms with Crippen LogP contribution < -0.4 is 10.1 Å². The maximum atomic E-state index is 5.92. The van der Waals surface area contributed by atoms with Crippen molar-refractivity contribution in [2.24, 2.45) is 0 Å². The topological polar surface area (TPSA) is 21.3 Å². The Kier molecular flexibility index (Phi) is 3.43. The fourth-order valence-electron chi connectivity index (χ4n) is 2.47. The molecule has 1 aromatic carbocycles. The van der Waals surface area contributed by atoms with E-state index in [9.17, 15) is 0 Å². The maximum absolute atomic E-state index is 5.92. The number of ether oxygens (including phenoxy) is 1. The fraction of sp³-hybridized carbons (Fsp3) is 0.600. The molecule has 0 radical (unpaired) electrons. The molecule has 1 N–H and O–H groups in total. The predicted octanol–water partition coefficient (Wildman–Crippen LogP) is 3.42. The second-order valence-corrected chi connectivity index (χ2v) is 5.72. The molecule has 2 nitrogen and oxygen atoms in total. The highest BCUT2D eigenvalue weighted by molar-refractivity contribution is 5.47. The molecule has 2 rings (SSSR count). The first kappa shape index (κ1) is 12.4. The van der Waals surface area contributed by atoms with Crippen LogP contribution in [0.3, 0.4) is 0 Å². The van der Waals surface area contributed by atoms with Gasteiger partial charge in [-0.3, -0.25) is 0 Å². The molecule has 0 saturated carbocycles. The van der Waals surface area contributed by atoms with Crippen LogP contribution in [0.5, 0.6) is 5.75 Å². The third-order valence-corrected chi connectivity index (χ3v) is 3.33. The summed E-state index contributed by atoms with van der Waals surface area (Å²) < 4.78 is 5.92. The molecule has 0 saturated heterocycles. The van der Waals surface area contributed by atoms with E-state index in [1.165, 1.54) is 11.1 Å². The zero-order valence-corrected chi connectivity index (χ0v) is 11.3. The lowest BCUT2D eigenvalue weighted by atomic mass is 9.83. The van der Waals surface area contributed by atoms with Crippen LogP contribution in [0.4, 0.5) is 0 Å². The van der Waals surface area contributed by atoms with Crippen molar-refractivity contribution in [3.8, 4) is 5.75 Å². The highest BCUT2D eigenvalue weighted by Crippen LogP contribution is 2.40. The third-order valence-electron chi connectivity index (χ3n) is 3.33. The Balaban J connectivity index is 2.44. The van der Waals surface area contributed by atoms with Crippen LogP contribution in [0.25, 0.3) is 0 Å². The van der Waals surface area contributed by atoms with Gasteiger partial charge < -0.3 is 10.1 Å². The van der Waals surface area contributed by atoms with Crippen molar-refractivity contribution in [3.63, 3.8) is 0 Å². The summed E-state index contributed by atoms with van der Waals surface area (Å²) in [5.74, 6) is 1.11. The van der Waals surface area contributed by atoms with Crippen LogP contribution in [0.15, 0.2) is 18.2 Å². The minimum absolute atomic E-state index is 0.138. The van der Waals surface area contributed by atoms with Crippen molar-refractivity contribution in [1.82, 2.24) is 5.32 Å². The molecule has 0 spiro atoms. The van der Waals surface area contributed by atoms with Crippen LogP contribution >= 0.6 is 0 Å². The van der Waals surface area contributed by atoms with Crippen molar-refractivity contribution in [2.75, 3.05) is 13.2 Å². The number of nitrogens with one attached hydrogen (secondary N) is 1. The molecular weight excluding hydrogens is 210 g/mol. The first-order valence-corrected chi connectivity index (χ1v) is 6.53. The summed E-state index contributed by atoms with van der Waals surface area (Å²) in [6, 6.07) is 6.98. The molecule has 1 atom stereocenters. The zero-order valence-electron chi connectivity index (χ0n) is 11.3. The molecule has 1 unspecified atom stereocenters. The van der Waals surface area contributed by atoms with Crippen LogP contribution in [-0.4, -0.2) is 13.2 Å². The highest BCUT2D eigenvalue weighted by Gasteiger charge is 2.27. The molecule has 0 aliphatic carbocycles. The molecule has 2 heteroatoms. The van der Waals surface area contributed by atoms with Gasteiger partial charge in [-0.25, -0.2) is 0 Å². The van der Waals surface area contributed by atoms with Crippen LogP contribution in [0.2, 0.25) is 0 Å². The van der Waals surface area contributed by atoms with Crippen molar-refractivity contribution in [3.05, 3.63) is 29.3 Å². The number of benzene rings is 1. The van der Waals surface area contributed by atoms with Gasteiger partial charge in [-0.15, -0.1) is 0 Å². The van der Waals surface area contributed by atoms with Crippen LogP contribution in [0, 0.1) is 0 Å². The van der Waals surface area contributed by atoms with Gasteiger partial charge >= 0.3 is 0 Å². The molecule has 17 heavy (non-hydrogen) atoms. The third kappa shape index (κ3) is 2.47. The smallest absolute Gasteiger partial charge is 0.127 e. The van der Waals surface area contributed by atoms with E-state index in [0.29, 0.717) is 6.04 Å². The lowest BCUT2D eigenvalue weighted by molar-refractivity contribution is 0.248. The van der Waals surface area contributed by atoms with Gasteiger partial charge in [-0.1, -0.05) is 45.9 Å². The molecule has 1 aromatic rings. The van der Waals surface area contributed by atoms with Crippen LogP contribution in [0.1, 0.15) is 51.3 Å². The van der Waals surface area contributed by atoms with Crippen molar-refractivity contribution < 1.29 is 4.74 Å². The molecule has 1 aliphatic heterocycles. The Labute approximate surface area is 104 Å². The van der Waals surface area contributed by atoms with E-state index < -0.39 is 0 Å². The van der Waals surface area contributed by atoms with Gasteiger partial charge in [0.2, 0.25) is 0 Å². The molecule has 1 heterocycles. The Bertz CT molecular complexity index is 392. The van der Waals surface area contributed by atoms with Crippen molar-refractivity contribution >= 4 is 0 Å². The van der Waals surface area contributed by atoms with Gasteiger partial charge in [0.15, 0.2) is 0 Å². The van der Waals surface area contributed by atoms with Gasteiger partial charge in [-0.05, 0) is 17.5 Å². The van der Waals surface area contributed by atoms with E-state index in [1.54, 1.807) is 0 Å². The molecule has 0 bridgehead atoms. The fourth-order valence-corrected chi connectivity index (χ4v) is 2.47. The summed E-state index contributed by atoms with van der Waals surface area (Å²) in [6.45, 7) is 10.7. The van der Waals surface area contributed by atoms with E-state index >= 15 is 0 Å². The zero-order chi connectivity index (χ0) is 12.5. The summed E-state index contributed by atoms with van der Waals surface area (Å²) >= 11 is 0. The Morgan fingerprint density at radius 1 is 1.35 bits per heavy atom. The monoisotopic (exact) mass is 233 g/mol. The van der Waals surface area contributed by atoms with Crippen molar-refractivity contribution in [1.29, 1.82) is 0 Å². The molecular formula is C15H23NO. The van der Waals surface area contributed by atoms with E-state index in [4.69, 9.17) is 4.74 Å². The maximum Gasteiger partial charge on any atom is 0.127 e. The van der Waals surface area contributed by atoms with E-state index in [2.05, 4.69) is 51.2 Å². The van der Waals surface area contributed by atoms with E-state index in [0.717, 1.165) is 25.3 Å². The second-order valence-electron chi connectivity index (χ2n) is 5.72. The normalized spacial score (nSPS) is 19.6. The average molecular weight is 233 g/mol. The number of hydrogen-bond donors (Lipinski definition) is 1. The molecule has 0 aromatic heterocycles. The quantitative estimate of drug-likeness (QED) is 0.845. The lowest BCUT2D eigenvalue weighted by Crippen LogP contribution is -2.28. The predicted molar refractivity (Wildman–Crippen MR) is 71.7 cm³/mol. The Hall–Kier alpha value is -1.02. The highest BCUT2D eigenvalue weighted by atomic mass is 16.5. The van der Waals surface area contributed by atoms with E-state index in [1.807, 2.05) is 0 Å². The summed E-state index contributed by atoms with van der Waals surface area (Å²) in [6.07, 6.45) is 1.06. The average Bonchev–Trinajstić information content (AvgIpc) is 2.28. The molecule has 0 fully saturated rings. The number of para-hydroxylation sites is 1. The molecule has 1 aliphatic rings.